The van der Waals surface area contributed by atoms with Crippen LogP contribution in [0.5, 0.6) is 11.5 Å². The van der Waals surface area contributed by atoms with E-state index in [0.717, 1.165) is 10.5 Å². The van der Waals surface area contributed by atoms with Gasteiger partial charge in [-0.05, 0) is 48.4 Å². The Morgan fingerprint density at radius 1 is 1.12 bits per heavy atom. The van der Waals surface area contributed by atoms with Crippen molar-refractivity contribution in [1.82, 2.24) is 5.32 Å². The molecule has 1 heterocycles. The second-order valence-electron chi connectivity index (χ2n) is 5.73. The van der Waals surface area contributed by atoms with Crippen LogP contribution in [0.3, 0.4) is 0 Å². The lowest BCUT2D eigenvalue weighted by molar-refractivity contribution is -0.122. The summed E-state index contributed by atoms with van der Waals surface area (Å²) < 4.78 is 5.02. The number of carbonyl (C=O) groups is 3. The fourth-order valence-electron chi connectivity index (χ4n) is 2.61. The third-order valence-electron chi connectivity index (χ3n) is 3.88. The molecule has 2 aromatic rings. The Balaban J connectivity index is 2.03. The number of methoxy groups -OCH3 is 1. The largest absolute Gasteiger partial charge is 0.504 e. The van der Waals surface area contributed by atoms with Gasteiger partial charge in [-0.1, -0.05) is 18.2 Å². The number of nitrogens with zero attached hydrogens (tertiary/aromatic N) is 1. The summed E-state index contributed by atoms with van der Waals surface area (Å²) in [5, 5.41) is 11.8. The minimum atomic E-state index is -0.800. The molecular formula is C19H16N2O5. The highest BCUT2D eigenvalue weighted by atomic mass is 16.5. The number of hydrogen-bond acceptors (Lipinski definition) is 5. The Morgan fingerprint density at radius 2 is 1.88 bits per heavy atom. The highest BCUT2D eigenvalue weighted by Gasteiger charge is 2.36. The number of aromatic hydroxyl groups is 1. The zero-order valence-corrected chi connectivity index (χ0v) is 14.1. The first-order chi connectivity index (χ1) is 12.4. The van der Waals surface area contributed by atoms with Gasteiger partial charge in [-0.2, -0.15) is 0 Å². The van der Waals surface area contributed by atoms with Crippen molar-refractivity contribution >= 4 is 29.6 Å². The van der Waals surface area contributed by atoms with Crippen LogP contribution in [0.2, 0.25) is 0 Å². The number of barbiturate groups is 1. The van der Waals surface area contributed by atoms with E-state index in [9.17, 15) is 19.5 Å². The molecule has 0 unspecified atom stereocenters. The van der Waals surface area contributed by atoms with E-state index in [1.165, 1.54) is 31.4 Å². The SMILES string of the molecule is COc1cc(C=C2C(=O)NC(=O)N(c3cccc(C)c3)C2=O)ccc1O. The minimum Gasteiger partial charge on any atom is -0.504 e. The van der Waals surface area contributed by atoms with Crippen LogP contribution in [-0.2, 0) is 9.59 Å². The molecule has 1 saturated heterocycles. The summed E-state index contributed by atoms with van der Waals surface area (Å²) >= 11 is 0. The van der Waals surface area contributed by atoms with Crippen molar-refractivity contribution in [1.29, 1.82) is 0 Å². The van der Waals surface area contributed by atoms with Gasteiger partial charge in [0.2, 0.25) is 0 Å². The summed E-state index contributed by atoms with van der Waals surface area (Å²) in [5.74, 6) is -1.37. The van der Waals surface area contributed by atoms with Crippen LogP contribution in [0, 0.1) is 6.92 Å². The molecule has 4 amide bonds. The molecule has 0 aromatic heterocycles. The molecular weight excluding hydrogens is 336 g/mol. The molecule has 7 heteroatoms. The molecule has 1 aliphatic heterocycles. The number of anilines is 1. The van der Waals surface area contributed by atoms with E-state index < -0.39 is 17.8 Å². The molecule has 0 radical (unpaired) electrons. The minimum absolute atomic E-state index is 0.0642. The molecule has 0 bridgehead atoms. The van der Waals surface area contributed by atoms with E-state index in [4.69, 9.17) is 4.74 Å². The molecule has 1 aliphatic rings. The topological polar surface area (TPSA) is 95.9 Å². The smallest absolute Gasteiger partial charge is 0.335 e. The third-order valence-corrected chi connectivity index (χ3v) is 3.88. The number of benzene rings is 2. The number of urea groups is 1. The van der Waals surface area contributed by atoms with Crippen molar-refractivity contribution in [2.24, 2.45) is 0 Å². The van der Waals surface area contributed by atoms with E-state index in [0.29, 0.717) is 11.3 Å². The quantitative estimate of drug-likeness (QED) is 0.653. The van der Waals surface area contributed by atoms with Gasteiger partial charge in [0, 0.05) is 0 Å². The number of ether oxygens (including phenoxy) is 1. The van der Waals surface area contributed by atoms with Crippen molar-refractivity contribution in [2.45, 2.75) is 6.92 Å². The lowest BCUT2D eigenvalue weighted by Gasteiger charge is -2.26. The highest BCUT2D eigenvalue weighted by Crippen LogP contribution is 2.28. The van der Waals surface area contributed by atoms with Crippen LogP contribution in [0.15, 0.2) is 48.0 Å². The summed E-state index contributed by atoms with van der Waals surface area (Å²) in [5.41, 5.74) is 1.51. The molecule has 0 spiro atoms. The summed E-state index contributed by atoms with van der Waals surface area (Å²) in [7, 11) is 1.39. The van der Waals surface area contributed by atoms with Crippen LogP contribution in [0.1, 0.15) is 11.1 Å². The van der Waals surface area contributed by atoms with Gasteiger partial charge < -0.3 is 9.84 Å². The van der Waals surface area contributed by atoms with E-state index in [2.05, 4.69) is 5.32 Å². The molecule has 26 heavy (non-hydrogen) atoms. The van der Waals surface area contributed by atoms with Crippen LogP contribution >= 0.6 is 0 Å². The van der Waals surface area contributed by atoms with E-state index in [1.807, 2.05) is 13.0 Å². The number of nitrogens with one attached hydrogen (secondary N) is 1. The Bertz CT molecular complexity index is 949. The van der Waals surface area contributed by atoms with Crippen molar-refractivity contribution in [2.75, 3.05) is 12.0 Å². The second kappa shape index (κ2) is 6.72. The Labute approximate surface area is 149 Å². The van der Waals surface area contributed by atoms with E-state index in [-0.39, 0.29) is 17.1 Å². The maximum atomic E-state index is 12.8. The van der Waals surface area contributed by atoms with Crippen LogP contribution in [0.4, 0.5) is 10.5 Å². The average Bonchev–Trinajstić information content (AvgIpc) is 2.60. The fraction of sp³-hybridized carbons (Fsp3) is 0.105. The normalized spacial score (nSPS) is 16.0. The van der Waals surface area contributed by atoms with Crippen molar-refractivity contribution in [3.63, 3.8) is 0 Å². The molecule has 0 saturated carbocycles. The number of carbonyl (C=O) groups excluding carboxylic acids is 3. The van der Waals surface area contributed by atoms with E-state index in [1.54, 1.807) is 18.2 Å². The molecule has 2 aromatic carbocycles. The number of phenolic OH excluding ortho intramolecular Hbond substituents is 1. The number of phenols is 1. The van der Waals surface area contributed by atoms with Crippen molar-refractivity contribution < 1.29 is 24.2 Å². The first kappa shape index (κ1) is 17.2. The molecule has 3 rings (SSSR count). The fourth-order valence-corrected chi connectivity index (χ4v) is 2.61. The molecule has 2 N–H and O–H groups in total. The Kier molecular flexibility index (Phi) is 4.45. The summed E-state index contributed by atoms with van der Waals surface area (Å²) in [4.78, 5) is 38.0. The van der Waals surface area contributed by atoms with Gasteiger partial charge in [0.25, 0.3) is 11.8 Å². The third kappa shape index (κ3) is 3.14. The van der Waals surface area contributed by atoms with Gasteiger partial charge in [0.1, 0.15) is 5.57 Å². The Morgan fingerprint density at radius 3 is 2.58 bits per heavy atom. The van der Waals surface area contributed by atoms with E-state index >= 15 is 0 Å². The predicted molar refractivity (Wildman–Crippen MR) is 94.8 cm³/mol. The van der Waals surface area contributed by atoms with Gasteiger partial charge in [-0.15, -0.1) is 0 Å². The van der Waals surface area contributed by atoms with Gasteiger partial charge in [0.15, 0.2) is 11.5 Å². The van der Waals surface area contributed by atoms with Crippen molar-refractivity contribution in [3.05, 3.63) is 59.2 Å². The number of aryl methyl sites for hydroxylation is 1. The Hall–Kier alpha value is -3.61. The maximum Gasteiger partial charge on any atom is 0.335 e. The van der Waals surface area contributed by atoms with Gasteiger partial charge in [0.05, 0.1) is 12.8 Å². The second-order valence-corrected chi connectivity index (χ2v) is 5.73. The summed E-state index contributed by atoms with van der Waals surface area (Å²) in [6.45, 7) is 1.83. The molecule has 7 nitrogen and oxygen atoms in total. The standard InChI is InChI=1S/C19H16N2O5/c1-11-4-3-5-13(8-11)21-18(24)14(17(23)20-19(21)25)9-12-6-7-15(22)16(10-12)26-2/h3-10,22H,1-2H3,(H,20,23,25). The van der Waals surface area contributed by atoms with Gasteiger partial charge in [-0.3, -0.25) is 14.9 Å². The molecule has 132 valence electrons. The first-order valence-electron chi connectivity index (χ1n) is 7.76. The zero-order chi connectivity index (χ0) is 18.8. The lowest BCUT2D eigenvalue weighted by Crippen LogP contribution is -2.54. The molecule has 1 fully saturated rings. The molecule has 0 atom stereocenters. The molecule has 0 aliphatic carbocycles. The first-order valence-corrected chi connectivity index (χ1v) is 7.76. The van der Waals surface area contributed by atoms with Gasteiger partial charge >= 0.3 is 6.03 Å². The summed E-state index contributed by atoms with van der Waals surface area (Å²) in [6.07, 6.45) is 1.34. The highest BCUT2D eigenvalue weighted by molar-refractivity contribution is 6.39. The van der Waals surface area contributed by atoms with Crippen molar-refractivity contribution in [3.8, 4) is 11.5 Å². The zero-order valence-electron chi connectivity index (χ0n) is 14.1. The van der Waals surface area contributed by atoms with Crippen LogP contribution in [-0.4, -0.2) is 30.1 Å². The summed E-state index contributed by atoms with van der Waals surface area (Å²) in [6, 6.07) is 10.4. The number of rotatable bonds is 3. The van der Waals surface area contributed by atoms with Crippen LogP contribution < -0.4 is 15.0 Å². The number of amides is 4. The number of hydrogen-bond donors (Lipinski definition) is 2. The lowest BCUT2D eigenvalue weighted by atomic mass is 10.1. The maximum absolute atomic E-state index is 12.8. The predicted octanol–water partition coefficient (Wildman–Crippen LogP) is 2.38. The van der Waals surface area contributed by atoms with Gasteiger partial charge in [-0.25, -0.2) is 9.69 Å². The van der Waals surface area contributed by atoms with Crippen LogP contribution in [0.25, 0.3) is 6.08 Å². The number of imide groups is 2. The average molecular weight is 352 g/mol. The monoisotopic (exact) mass is 352 g/mol.